The number of carbonyl (C=O) groups excluding carboxylic acids is 1. The van der Waals surface area contributed by atoms with E-state index in [9.17, 15) is 9.90 Å². The van der Waals surface area contributed by atoms with Crippen LogP contribution in [-0.4, -0.2) is 51.4 Å². The fourth-order valence-corrected chi connectivity index (χ4v) is 3.57. The molecule has 1 atom stereocenters. The molecule has 0 unspecified atom stereocenters. The number of benzene rings is 2. The highest BCUT2D eigenvalue weighted by molar-refractivity contribution is 7.99. The van der Waals surface area contributed by atoms with Crippen molar-refractivity contribution in [2.24, 2.45) is 0 Å². The molecule has 0 fully saturated rings. The average Bonchev–Trinajstić information content (AvgIpc) is 3.11. The van der Waals surface area contributed by atoms with Crippen LogP contribution in [0.2, 0.25) is 0 Å². The molecule has 0 aliphatic heterocycles. The zero-order valence-electron chi connectivity index (χ0n) is 16.5. The van der Waals surface area contributed by atoms with E-state index in [0.717, 1.165) is 11.5 Å². The highest BCUT2D eigenvalue weighted by Crippen LogP contribution is 2.23. The number of methoxy groups -OCH3 is 1. The van der Waals surface area contributed by atoms with E-state index in [1.54, 1.807) is 24.3 Å². The first-order valence-corrected chi connectivity index (χ1v) is 10.1. The SMILES string of the molecule is COC(=O)c1cccc(OC[C@H](O)CSc2nnc(C)n2-c2ccc(C)cc2)c1. The predicted octanol–water partition coefficient (Wildman–Crippen LogP) is 3.20. The second-order valence-corrected chi connectivity index (χ2v) is 7.48. The number of aromatic nitrogens is 3. The molecular formula is C21H23N3O4S. The maximum atomic E-state index is 11.6. The molecule has 2 aromatic carbocycles. The molecule has 3 rings (SSSR count). The molecule has 0 amide bonds. The van der Waals surface area contributed by atoms with E-state index >= 15 is 0 Å². The van der Waals surface area contributed by atoms with Crippen LogP contribution in [0, 0.1) is 13.8 Å². The van der Waals surface area contributed by atoms with Gasteiger partial charge in [0.15, 0.2) is 5.16 Å². The molecule has 0 aliphatic rings. The molecule has 0 spiro atoms. The van der Waals surface area contributed by atoms with Crippen molar-refractivity contribution in [1.82, 2.24) is 14.8 Å². The molecule has 29 heavy (non-hydrogen) atoms. The summed E-state index contributed by atoms with van der Waals surface area (Å²) in [7, 11) is 1.33. The van der Waals surface area contributed by atoms with Crippen LogP contribution in [0.25, 0.3) is 5.69 Å². The molecule has 7 nitrogen and oxygen atoms in total. The van der Waals surface area contributed by atoms with Gasteiger partial charge in [0.2, 0.25) is 0 Å². The van der Waals surface area contributed by atoms with Crippen LogP contribution < -0.4 is 4.74 Å². The second-order valence-electron chi connectivity index (χ2n) is 6.50. The van der Waals surface area contributed by atoms with E-state index in [-0.39, 0.29) is 6.61 Å². The molecule has 1 N–H and O–H groups in total. The van der Waals surface area contributed by atoms with Crippen LogP contribution in [0.15, 0.2) is 53.7 Å². The van der Waals surface area contributed by atoms with Crippen molar-refractivity contribution in [1.29, 1.82) is 0 Å². The van der Waals surface area contributed by atoms with Gasteiger partial charge >= 0.3 is 5.97 Å². The summed E-state index contributed by atoms with van der Waals surface area (Å²) in [4.78, 5) is 11.6. The third-order valence-corrected chi connectivity index (χ3v) is 5.26. The summed E-state index contributed by atoms with van der Waals surface area (Å²) in [5, 5.41) is 19.4. The number of ether oxygens (including phenoxy) is 2. The van der Waals surface area contributed by atoms with E-state index in [0.29, 0.717) is 22.2 Å². The predicted molar refractivity (Wildman–Crippen MR) is 111 cm³/mol. The zero-order chi connectivity index (χ0) is 20.8. The van der Waals surface area contributed by atoms with E-state index < -0.39 is 12.1 Å². The first-order valence-electron chi connectivity index (χ1n) is 9.09. The monoisotopic (exact) mass is 413 g/mol. The Morgan fingerprint density at radius 3 is 2.66 bits per heavy atom. The van der Waals surface area contributed by atoms with Crippen molar-refractivity contribution >= 4 is 17.7 Å². The Bertz CT molecular complexity index is 972. The number of hydrogen-bond acceptors (Lipinski definition) is 7. The van der Waals surface area contributed by atoms with Crippen LogP contribution in [0.3, 0.4) is 0 Å². The fraction of sp³-hybridized carbons (Fsp3) is 0.286. The van der Waals surface area contributed by atoms with Gasteiger partial charge in [-0.15, -0.1) is 10.2 Å². The van der Waals surface area contributed by atoms with Gasteiger partial charge in [0.05, 0.1) is 18.8 Å². The lowest BCUT2D eigenvalue weighted by Crippen LogP contribution is -2.20. The van der Waals surface area contributed by atoms with Gasteiger partial charge in [-0.05, 0) is 44.2 Å². The zero-order valence-corrected chi connectivity index (χ0v) is 17.3. The number of aliphatic hydroxyl groups is 1. The van der Waals surface area contributed by atoms with Gasteiger partial charge in [-0.25, -0.2) is 4.79 Å². The van der Waals surface area contributed by atoms with Crippen molar-refractivity contribution in [3.05, 3.63) is 65.5 Å². The number of thioether (sulfide) groups is 1. The van der Waals surface area contributed by atoms with Crippen molar-refractivity contribution < 1.29 is 19.4 Å². The Morgan fingerprint density at radius 2 is 1.93 bits per heavy atom. The molecule has 0 bridgehead atoms. The quantitative estimate of drug-likeness (QED) is 0.448. The summed E-state index contributed by atoms with van der Waals surface area (Å²) in [5.41, 5.74) is 2.55. The van der Waals surface area contributed by atoms with Gasteiger partial charge in [0.1, 0.15) is 18.2 Å². The number of carbonyl (C=O) groups is 1. The average molecular weight is 413 g/mol. The first kappa shape index (κ1) is 20.9. The summed E-state index contributed by atoms with van der Waals surface area (Å²) in [5.74, 6) is 1.23. The standard InChI is InChI=1S/C21H23N3O4S/c1-14-7-9-17(10-8-14)24-15(2)22-23-21(24)29-13-18(25)12-28-19-6-4-5-16(11-19)20(26)27-3/h4-11,18,25H,12-13H2,1-3H3/t18-/m0/s1. The molecule has 0 radical (unpaired) electrons. The first-order chi connectivity index (χ1) is 14.0. The van der Waals surface area contributed by atoms with Crippen molar-refractivity contribution in [3.8, 4) is 11.4 Å². The Hall–Kier alpha value is -2.84. The minimum atomic E-state index is -0.717. The Morgan fingerprint density at radius 1 is 1.17 bits per heavy atom. The van der Waals surface area contributed by atoms with E-state index in [2.05, 4.69) is 10.2 Å². The van der Waals surface area contributed by atoms with Crippen molar-refractivity contribution in [2.45, 2.75) is 25.1 Å². The molecular weight excluding hydrogens is 390 g/mol. The smallest absolute Gasteiger partial charge is 0.337 e. The molecule has 3 aromatic rings. The number of aliphatic hydroxyl groups excluding tert-OH is 1. The normalized spacial score (nSPS) is 11.9. The highest BCUT2D eigenvalue weighted by Gasteiger charge is 2.15. The van der Waals surface area contributed by atoms with Crippen LogP contribution in [0.1, 0.15) is 21.7 Å². The van der Waals surface area contributed by atoms with Gasteiger partial charge in [0.25, 0.3) is 0 Å². The lowest BCUT2D eigenvalue weighted by Gasteiger charge is -2.13. The van der Waals surface area contributed by atoms with Gasteiger partial charge in [-0.2, -0.15) is 0 Å². The van der Waals surface area contributed by atoms with E-state index in [1.165, 1.54) is 24.4 Å². The summed E-state index contributed by atoms with van der Waals surface area (Å²) in [6.07, 6.45) is -0.717. The van der Waals surface area contributed by atoms with Crippen molar-refractivity contribution in [2.75, 3.05) is 19.5 Å². The lowest BCUT2D eigenvalue weighted by atomic mass is 10.2. The van der Waals surface area contributed by atoms with Crippen LogP contribution >= 0.6 is 11.8 Å². The Kier molecular flexibility index (Phi) is 6.90. The van der Waals surface area contributed by atoms with Crippen LogP contribution in [-0.2, 0) is 4.74 Å². The summed E-state index contributed by atoms with van der Waals surface area (Å²) >= 11 is 1.41. The Labute approximate surface area is 173 Å². The molecule has 1 aromatic heterocycles. The van der Waals surface area contributed by atoms with Crippen LogP contribution in [0.4, 0.5) is 0 Å². The minimum Gasteiger partial charge on any atom is -0.491 e. The van der Waals surface area contributed by atoms with Gasteiger partial charge in [0, 0.05) is 11.4 Å². The molecule has 1 heterocycles. The van der Waals surface area contributed by atoms with Crippen molar-refractivity contribution in [3.63, 3.8) is 0 Å². The van der Waals surface area contributed by atoms with Gasteiger partial charge < -0.3 is 14.6 Å². The highest BCUT2D eigenvalue weighted by atomic mass is 32.2. The van der Waals surface area contributed by atoms with Gasteiger partial charge in [-0.3, -0.25) is 4.57 Å². The van der Waals surface area contributed by atoms with Crippen LogP contribution in [0.5, 0.6) is 5.75 Å². The largest absolute Gasteiger partial charge is 0.491 e. The molecule has 0 saturated carbocycles. The summed E-state index contributed by atoms with van der Waals surface area (Å²) in [6.45, 7) is 4.02. The summed E-state index contributed by atoms with van der Waals surface area (Å²) in [6, 6.07) is 14.8. The maximum absolute atomic E-state index is 11.6. The maximum Gasteiger partial charge on any atom is 0.337 e. The number of nitrogens with zero attached hydrogens (tertiary/aromatic N) is 3. The lowest BCUT2D eigenvalue weighted by molar-refractivity contribution is 0.0600. The number of hydrogen-bond donors (Lipinski definition) is 1. The third kappa shape index (κ3) is 5.36. The molecule has 0 saturated heterocycles. The molecule has 8 heteroatoms. The van der Waals surface area contributed by atoms with Gasteiger partial charge in [-0.1, -0.05) is 35.5 Å². The third-order valence-electron chi connectivity index (χ3n) is 4.19. The van der Waals surface area contributed by atoms with E-state index in [4.69, 9.17) is 9.47 Å². The minimum absolute atomic E-state index is 0.0925. The number of esters is 1. The number of rotatable bonds is 8. The summed E-state index contributed by atoms with van der Waals surface area (Å²) < 4.78 is 12.3. The fourth-order valence-electron chi connectivity index (χ4n) is 2.67. The van der Waals surface area contributed by atoms with E-state index in [1.807, 2.05) is 42.7 Å². The Balaban J connectivity index is 1.58. The number of aryl methyl sites for hydroxylation is 2. The molecule has 152 valence electrons. The second kappa shape index (κ2) is 9.58. The molecule has 0 aliphatic carbocycles. The topological polar surface area (TPSA) is 86.5 Å².